The summed E-state index contributed by atoms with van der Waals surface area (Å²) in [6.07, 6.45) is 18.1. The van der Waals surface area contributed by atoms with Crippen molar-refractivity contribution in [3.05, 3.63) is 289 Å². The van der Waals surface area contributed by atoms with Gasteiger partial charge < -0.3 is 0 Å². The van der Waals surface area contributed by atoms with Gasteiger partial charge in [-0.2, -0.15) is 0 Å². The minimum absolute atomic E-state index is 0.163. The Balaban J connectivity index is 0.000000126. The second kappa shape index (κ2) is 20.4. The zero-order valence-corrected chi connectivity index (χ0v) is 53.0. The number of para-hydroxylation sites is 1. The van der Waals surface area contributed by atoms with E-state index in [1.807, 2.05) is 18.5 Å². The lowest BCUT2D eigenvalue weighted by molar-refractivity contribution is -0.0399. The van der Waals surface area contributed by atoms with Crippen molar-refractivity contribution in [2.75, 3.05) is 0 Å². The Morgan fingerprint density at radius 1 is 0.234 bits per heavy atom. The molecule has 2 aromatic heterocycles. The molecule has 450 valence electrons. The first-order chi connectivity index (χ1) is 46.6. The maximum absolute atomic E-state index is 4.72. The first-order valence-corrected chi connectivity index (χ1v) is 35.3. The van der Waals surface area contributed by atoms with Gasteiger partial charge >= 0.3 is 0 Å². The van der Waals surface area contributed by atoms with Gasteiger partial charge in [0.05, 0.1) is 11.2 Å². The fraction of sp³-hybridized carbons (Fsp3) is 0.217. The molecule has 0 saturated heterocycles. The normalized spacial score (nSPS) is 25.1. The van der Waals surface area contributed by atoms with Crippen molar-refractivity contribution < 1.29 is 0 Å². The molecule has 0 radical (unpaired) electrons. The van der Waals surface area contributed by atoms with E-state index in [0.717, 1.165) is 64.1 Å². The van der Waals surface area contributed by atoms with E-state index in [4.69, 9.17) is 4.98 Å². The van der Waals surface area contributed by atoms with Crippen LogP contribution in [0.2, 0.25) is 0 Å². The van der Waals surface area contributed by atoms with Gasteiger partial charge in [-0.05, 0) is 280 Å². The molecule has 2 nitrogen and oxygen atoms in total. The van der Waals surface area contributed by atoms with Crippen molar-refractivity contribution in [3.8, 4) is 78.0 Å². The Kier molecular flexibility index (Phi) is 11.6. The first-order valence-electron chi connectivity index (χ1n) is 35.3. The predicted octanol–water partition coefficient (Wildman–Crippen LogP) is 23.7. The molecule has 24 rings (SSSR count). The van der Waals surface area contributed by atoms with Crippen LogP contribution in [0.15, 0.2) is 267 Å². The van der Waals surface area contributed by atoms with Gasteiger partial charge in [0, 0.05) is 34.2 Å². The lowest BCUT2D eigenvalue weighted by Crippen LogP contribution is -2.55. The van der Waals surface area contributed by atoms with Gasteiger partial charge in [0.15, 0.2) is 0 Å². The van der Waals surface area contributed by atoms with Crippen molar-refractivity contribution in [1.29, 1.82) is 0 Å². The zero-order valence-electron chi connectivity index (χ0n) is 53.0. The van der Waals surface area contributed by atoms with Crippen molar-refractivity contribution >= 4 is 54.0 Å². The Hall–Kier alpha value is -9.76. The molecular weight excluding hydrogens is 1130 g/mol. The van der Waals surface area contributed by atoms with Crippen LogP contribution >= 0.6 is 0 Å². The molecule has 94 heavy (non-hydrogen) atoms. The highest BCUT2D eigenvalue weighted by atomic mass is 14.7. The summed E-state index contributed by atoms with van der Waals surface area (Å²) in [5.74, 6) is 6.81. The van der Waals surface area contributed by atoms with E-state index in [1.54, 1.807) is 22.3 Å². The van der Waals surface area contributed by atoms with Gasteiger partial charge in [-0.25, -0.2) is 0 Å². The summed E-state index contributed by atoms with van der Waals surface area (Å²) < 4.78 is 0. The van der Waals surface area contributed by atoms with Crippen LogP contribution in [0.4, 0.5) is 0 Å². The molecule has 12 aromatic carbocycles. The highest BCUT2D eigenvalue weighted by molar-refractivity contribution is 6.24. The van der Waals surface area contributed by atoms with Gasteiger partial charge in [-0.3, -0.25) is 9.97 Å². The van der Waals surface area contributed by atoms with E-state index in [1.165, 1.54) is 179 Å². The number of fused-ring (bicyclic) bond motifs is 11. The summed E-state index contributed by atoms with van der Waals surface area (Å²) >= 11 is 0. The first kappa shape index (κ1) is 53.7. The fourth-order valence-electron chi connectivity index (χ4n) is 22.8. The van der Waals surface area contributed by atoms with Gasteiger partial charge in [0.2, 0.25) is 0 Å². The zero-order chi connectivity index (χ0) is 61.4. The number of rotatable bonds is 5. The standard InChI is InChI=1S/C47H37N.C45H35N/c1-3-12-40-38(10-1)45(32-18-16-31(17-19-32)44-15-7-8-22-48-44)39-11-2-4-13-41(39)46(40)33-20-21-37-36-9-5-6-14-42(36)47(43(37)28-33)34-24-29-23-30(26-34)27-35(47)25-29;1-3-13-37-35(11-1)43(36-12-2-4-14-38(36)44(37)39-19-20-46-42-16-8-6-10-34(39)42)29-17-18-33-32-9-5-7-15-40(32)45(41(33)26-29)30-22-27-21-28(24-30)25-31(45)23-27/h1-22,28-30,34-35H,23-27H2;1-20,26-28,30-31H,21-25H2. The second-order valence-electron chi connectivity index (χ2n) is 29.8. The van der Waals surface area contributed by atoms with Crippen LogP contribution < -0.4 is 0 Å². The summed E-state index contributed by atoms with van der Waals surface area (Å²) in [6, 6.07) is 96.4. The smallest absolute Gasteiger partial charge is 0.0708 e. The molecule has 10 aliphatic rings. The lowest BCUT2D eigenvalue weighted by atomic mass is 9.43. The monoisotopic (exact) mass is 1200 g/mol. The fourth-order valence-corrected chi connectivity index (χ4v) is 22.8. The molecule has 0 aliphatic heterocycles. The molecule has 2 spiro atoms. The third-order valence-electron chi connectivity index (χ3n) is 25.6. The Labute approximate surface area is 550 Å². The predicted molar refractivity (Wildman–Crippen MR) is 390 cm³/mol. The topological polar surface area (TPSA) is 25.8 Å². The Bertz CT molecular complexity index is 5300. The van der Waals surface area contributed by atoms with Crippen LogP contribution in [0.1, 0.15) is 86.5 Å². The van der Waals surface area contributed by atoms with E-state index in [2.05, 4.69) is 254 Å². The highest BCUT2D eigenvalue weighted by Gasteiger charge is 2.63. The summed E-state index contributed by atoms with van der Waals surface area (Å²) in [4.78, 5) is 9.31. The van der Waals surface area contributed by atoms with Crippen molar-refractivity contribution in [2.24, 2.45) is 47.3 Å². The summed E-state index contributed by atoms with van der Waals surface area (Å²) in [5.41, 5.74) is 26.5. The molecule has 0 N–H and O–H groups in total. The van der Waals surface area contributed by atoms with Crippen LogP contribution in [0.5, 0.6) is 0 Å². The quantitative estimate of drug-likeness (QED) is 0.161. The number of aromatic nitrogens is 2. The summed E-state index contributed by atoms with van der Waals surface area (Å²) in [5, 5.41) is 11.7. The van der Waals surface area contributed by atoms with Crippen molar-refractivity contribution in [2.45, 2.75) is 75.0 Å². The molecular formula is C92H72N2. The largest absolute Gasteiger partial charge is 0.256 e. The average Bonchev–Trinajstić information content (AvgIpc) is 1.48. The maximum atomic E-state index is 4.72. The van der Waals surface area contributed by atoms with Crippen molar-refractivity contribution in [3.63, 3.8) is 0 Å². The third kappa shape index (κ3) is 7.49. The van der Waals surface area contributed by atoms with Crippen LogP contribution in [-0.2, 0) is 10.8 Å². The van der Waals surface area contributed by atoms with Crippen LogP contribution in [0.3, 0.4) is 0 Å². The van der Waals surface area contributed by atoms with E-state index in [9.17, 15) is 0 Å². The average molecular weight is 1210 g/mol. The van der Waals surface area contributed by atoms with Gasteiger partial charge in [-0.1, -0.05) is 218 Å². The summed E-state index contributed by atoms with van der Waals surface area (Å²) in [6.45, 7) is 0. The number of pyridine rings is 2. The highest BCUT2D eigenvalue weighted by Crippen LogP contribution is 2.71. The number of hydrogen-bond acceptors (Lipinski definition) is 2. The van der Waals surface area contributed by atoms with Gasteiger partial charge in [0.25, 0.3) is 0 Å². The Morgan fingerprint density at radius 3 is 1.02 bits per heavy atom. The number of benzene rings is 12. The second-order valence-corrected chi connectivity index (χ2v) is 29.8. The van der Waals surface area contributed by atoms with E-state index in [-0.39, 0.29) is 10.8 Å². The molecule has 0 amide bonds. The molecule has 0 unspecified atom stereocenters. The maximum Gasteiger partial charge on any atom is 0.0708 e. The number of nitrogens with zero attached hydrogens (tertiary/aromatic N) is 2. The van der Waals surface area contributed by atoms with Crippen LogP contribution in [0.25, 0.3) is 132 Å². The molecule has 8 fully saturated rings. The minimum atomic E-state index is 0.163. The van der Waals surface area contributed by atoms with Gasteiger partial charge in [0.1, 0.15) is 0 Å². The van der Waals surface area contributed by atoms with E-state index in [0.29, 0.717) is 0 Å². The lowest BCUT2D eigenvalue weighted by Gasteiger charge is -2.61. The molecule has 10 aliphatic carbocycles. The molecule has 8 bridgehead atoms. The molecule has 0 atom stereocenters. The van der Waals surface area contributed by atoms with Gasteiger partial charge in [-0.15, -0.1) is 0 Å². The minimum Gasteiger partial charge on any atom is -0.256 e. The SMILES string of the molecule is c1ccc(-c2ccc(-c3c4ccccc4c(-c4ccc5c(c4)C4(c6ccccc6-5)C5CC6CC(C5)CC4C6)c4ccccc34)cc2)nc1.c1ccc2c(c1)-c1ccc(-c3c4ccccc4c(-c4ccnc5ccccc45)c4ccccc34)cc1C21C2CC3CC(C2)CC1C3. The van der Waals surface area contributed by atoms with E-state index < -0.39 is 0 Å². The molecule has 2 heteroatoms. The molecule has 8 saturated carbocycles. The van der Waals surface area contributed by atoms with Crippen LogP contribution in [0, 0.1) is 47.3 Å². The molecule has 2 heterocycles. The Morgan fingerprint density at radius 2 is 0.585 bits per heavy atom. The van der Waals surface area contributed by atoms with E-state index >= 15 is 0 Å². The van der Waals surface area contributed by atoms with Crippen LogP contribution in [-0.4, -0.2) is 9.97 Å². The van der Waals surface area contributed by atoms with Crippen molar-refractivity contribution in [1.82, 2.24) is 9.97 Å². The summed E-state index contributed by atoms with van der Waals surface area (Å²) in [7, 11) is 0. The third-order valence-corrected chi connectivity index (χ3v) is 25.6. The number of hydrogen-bond donors (Lipinski definition) is 0. The molecule has 14 aromatic rings.